The fourth-order valence-electron chi connectivity index (χ4n) is 3.08. The second-order valence-electron chi connectivity index (χ2n) is 6.60. The summed E-state index contributed by atoms with van der Waals surface area (Å²) < 4.78 is 0. The highest BCUT2D eigenvalue weighted by Gasteiger charge is 2.19. The minimum atomic E-state index is -0.478. The number of likely N-dealkylation sites (tertiary alicyclic amines) is 1. The lowest BCUT2D eigenvalue weighted by atomic mass is 10.1. The van der Waals surface area contributed by atoms with Crippen LogP contribution in [-0.4, -0.2) is 34.7 Å². The summed E-state index contributed by atoms with van der Waals surface area (Å²) in [4.78, 5) is 36.6. The molecule has 1 heterocycles. The lowest BCUT2D eigenvalue weighted by molar-refractivity contribution is -0.384. The van der Waals surface area contributed by atoms with Crippen LogP contribution in [0.25, 0.3) is 6.08 Å². The van der Waals surface area contributed by atoms with Crippen molar-refractivity contribution in [1.82, 2.24) is 10.2 Å². The van der Waals surface area contributed by atoms with Crippen molar-refractivity contribution in [2.45, 2.75) is 19.4 Å². The van der Waals surface area contributed by atoms with Crippen LogP contribution in [0.1, 0.15) is 34.3 Å². The minimum absolute atomic E-state index is 0.0243. The van der Waals surface area contributed by atoms with Crippen molar-refractivity contribution in [2.24, 2.45) is 0 Å². The number of amides is 2. The maximum absolute atomic E-state index is 12.5. The number of nitrogens with zero attached hydrogens (tertiary/aromatic N) is 2. The fourth-order valence-corrected chi connectivity index (χ4v) is 3.08. The molecule has 0 aromatic heterocycles. The molecule has 28 heavy (non-hydrogen) atoms. The van der Waals surface area contributed by atoms with E-state index >= 15 is 0 Å². The average Bonchev–Trinajstić information content (AvgIpc) is 3.25. The third kappa shape index (κ3) is 5.03. The molecular weight excluding hydrogens is 358 g/mol. The van der Waals surface area contributed by atoms with Crippen LogP contribution in [0, 0.1) is 10.1 Å². The predicted octanol–water partition coefficient (Wildman–Crippen LogP) is 3.16. The third-order valence-electron chi connectivity index (χ3n) is 4.54. The molecular formula is C21H21N3O4. The number of rotatable bonds is 6. The maximum atomic E-state index is 12.5. The van der Waals surface area contributed by atoms with Gasteiger partial charge in [0.05, 0.1) is 4.92 Å². The van der Waals surface area contributed by atoms with Gasteiger partial charge in [0, 0.05) is 43.4 Å². The summed E-state index contributed by atoms with van der Waals surface area (Å²) in [6, 6.07) is 13.3. The molecule has 0 radical (unpaired) electrons. The van der Waals surface area contributed by atoms with E-state index in [0.717, 1.165) is 31.5 Å². The standard InChI is InChI=1S/C21H21N3O4/c25-20(10-9-16-5-4-8-19(14-16)24(27)28)22-15-17-6-3-7-18(13-17)21(26)23-11-1-2-12-23/h3-10,13-14H,1-2,11-12,15H2,(H,22,25). The molecule has 0 bridgehead atoms. The zero-order valence-corrected chi connectivity index (χ0v) is 15.3. The van der Waals surface area contributed by atoms with Gasteiger partial charge in [-0.15, -0.1) is 0 Å². The second-order valence-corrected chi connectivity index (χ2v) is 6.60. The summed E-state index contributed by atoms with van der Waals surface area (Å²) in [6.45, 7) is 1.88. The Kier molecular flexibility index (Phi) is 6.16. The molecule has 1 fully saturated rings. The molecule has 0 spiro atoms. The van der Waals surface area contributed by atoms with Gasteiger partial charge >= 0.3 is 0 Å². The van der Waals surface area contributed by atoms with Crippen LogP contribution in [0.15, 0.2) is 54.6 Å². The molecule has 144 valence electrons. The molecule has 0 atom stereocenters. The molecule has 1 aliphatic rings. The average molecular weight is 379 g/mol. The number of benzene rings is 2. The number of nitro benzene ring substituents is 1. The molecule has 1 aliphatic heterocycles. The van der Waals surface area contributed by atoms with Crippen molar-refractivity contribution in [1.29, 1.82) is 0 Å². The summed E-state index contributed by atoms with van der Waals surface area (Å²) in [6.07, 6.45) is 4.94. The van der Waals surface area contributed by atoms with E-state index in [0.29, 0.717) is 17.7 Å². The van der Waals surface area contributed by atoms with Gasteiger partial charge in [0.2, 0.25) is 5.91 Å². The number of nitrogens with one attached hydrogen (secondary N) is 1. The summed E-state index contributed by atoms with van der Waals surface area (Å²) in [5, 5.41) is 13.5. The van der Waals surface area contributed by atoms with E-state index < -0.39 is 4.92 Å². The highest BCUT2D eigenvalue weighted by atomic mass is 16.6. The van der Waals surface area contributed by atoms with Crippen molar-refractivity contribution < 1.29 is 14.5 Å². The van der Waals surface area contributed by atoms with Gasteiger partial charge in [-0.05, 0) is 42.2 Å². The van der Waals surface area contributed by atoms with Crippen LogP contribution in [0.5, 0.6) is 0 Å². The van der Waals surface area contributed by atoms with Gasteiger partial charge in [-0.3, -0.25) is 19.7 Å². The van der Waals surface area contributed by atoms with Crippen molar-refractivity contribution in [3.63, 3.8) is 0 Å². The molecule has 2 aromatic rings. The van der Waals surface area contributed by atoms with Gasteiger partial charge in [-0.2, -0.15) is 0 Å². The molecule has 2 aromatic carbocycles. The quantitative estimate of drug-likeness (QED) is 0.474. The maximum Gasteiger partial charge on any atom is 0.270 e. The zero-order chi connectivity index (χ0) is 19.9. The van der Waals surface area contributed by atoms with Crippen LogP contribution < -0.4 is 5.32 Å². The normalized spacial score (nSPS) is 13.6. The largest absolute Gasteiger partial charge is 0.348 e. The Morgan fingerprint density at radius 1 is 1.11 bits per heavy atom. The van der Waals surface area contributed by atoms with E-state index in [1.54, 1.807) is 24.3 Å². The SMILES string of the molecule is O=C(C=Cc1cccc([N+](=O)[O-])c1)NCc1cccc(C(=O)N2CCCC2)c1. The number of nitro groups is 1. The number of carbonyl (C=O) groups excluding carboxylic acids is 2. The summed E-state index contributed by atoms with van der Waals surface area (Å²) >= 11 is 0. The molecule has 3 rings (SSSR count). The van der Waals surface area contributed by atoms with E-state index in [-0.39, 0.29) is 17.5 Å². The summed E-state index contributed by atoms with van der Waals surface area (Å²) in [7, 11) is 0. The Morgan fingerprint density at radius 2 is 1.86 bits per heavy atom. The minimum Gasteiger partial charge on any atom is -0.348 e. The summed E-state index contributed by atoms with van der Waals surface area (Å²) in [5.74, 6) is -0.293. The van der Waals surface area contributed by atoms with Gasteiger partial charge in [0.25, 0.3) is 11.6 Å². The van der Waals surface area contributed by atoms with Crippen LogP contribution >= 0.6 is 0 Å². The Hall–Kier alpha value is -3.48. The fraction of sp³-hybridized carbons (Fsp3) is 0.238. The molecule has 7 nitrogen and oxygen atoms in total. The van der Waals surface area contributed by atoms with Crippen molar-refractivity contribution in [2.75, 3.05) is 13.1 Å². The van der Waals surface area contributed by atoms with Crippen LogP contribution in [0.4, 0.5) is 5.69 Å². The Labute approximate surface area is 162 Å². The first-order chi connectivity index (χ1) is 13.5. The van der Waals surface area contributed by atoms with E-state index in [2.05, 4.69) is 5.32 Å². The molecule has 0 aliphatic carbocycles. The highest BCUT2D eigenvalue weighted by Crippen LogP contribution is 2.15. The lowest BCUT2D eigenvalue weighted by Crippen LogP contribution is -2.27. The first-order valence-corrected chi connectivity index (χ1v) is 9.11. The van der Waals surface area contributed by atoms with Gasteiger partial charge in [-0.1, -0.05) is 24.3 Å². The predicted molar refractivity (Wildman–Crippen MR) is 106 cm³/mol. The number of hydrogen-bond acceptors (Lipinski definition) is 4. The van der Waals surface area contributed by atoms with Gasteiger partial charge in [0.1, 0.15) is 0 Å². The monoisotopic (exact) mass is 379 g/mol. The van der Waals surface area contributed by atoms with Crippen LogP contribution in [0.3, 0.4) is 0 Å². The Balaban J connectivity index is 1.57. The number of hydrogen-bond donors (Lipinski definition) is 1. The molecule has 7 heteroatoms. The van der Waals surface area contributed by atoms with Crippen LogP contribution in [-0.2, 0) is 11.3 Å². The summed E-state index contributed by atoms with van der Waals surface area (Å²) in [5.41, 5.74) is 2.01. The Morgan fingerprint density at radius 3 is 2.61 bits per heavy atom. The lowest BCUT2D eigenvalue weighted by Gasteiger charge is -2.15. The van der Waals surface area contributed by atoms with Gasteiger partial charge in [-0.25, -0.2) is 0 Å². The topological polar surface area (TPSA) is 92.5 Å². The first-order valence-electron chi connectivity index (χ1n) is 9.11. The zero-order valence-electron chi connectivity index (χ0n) is 15.3. The van der Waals surface area contributed by atoms with Crippen LogP contribution in [0.2, 0.25) is 0 Å². The molecule has 0 saturated carbocycles. The third-order valence-corrected chi connectivity index (χ3v) is 4.54. The molecule has 1 N–H and O–H groups in total. The van der Waals surface area contributed by atoms with E-state index in [1.165, 1.54) is 24.3 Å². The molecule has 1 saturated heterocycles. The molecule has 0 unspecified atom stereocenters. The molecule has 2 amide bonds. The van der Waals surface area contributed by atoms with Gasteiger partial charge in [0.15, 0.2) is 0 Å². The number of non-ortho nitro benzene ring substituents is 1. The highest BCUT2D eigenvalue weighted by molar-refractivity contribution is 5.94. The van der Waals surface area contributed by atoms with E-state index in [1.807, 2.05) is 17.0 Å². The number of carbonyl (C=O) groups is 2. The van der Waals surface area contributed by atoms with Crippen molar-refractivity contribution >= 4 is 23.6 Å². The van der Waals surface area contributed by atoms with E-state index in [9.17, 15) is 19.7 Å². The Bertz CT molecular complexity index is 917. The first kappa shape index (κ1) is 19.3. The van der Waals surface area contributed by atoms with Gasteiger partial charge < -0.3 is 10.2 Å². The van der Waals surface area contributed by atoms with E-state index in [4.69, 9.17) is 0 Å². The van der Waals surface area contributed by atoms with Crippen molar-refractivity contribution in [3.05, 3.63) is 81.4 Å². The van der Waals surface area contributed by atoms with Crippen molar-refractivity contribution in [3.8, 4) is 0 Å². The smallest absolute Gasteiger partial charge is 0.270 e. The second kappa shape index (κ2) is 8.94.